The molecule has 2 N–H and O–H groups in total. The summed E-state index contributed by atoms with van der Waals surface area (Å²) in [6.07, 6.45) is 4.52. The first-order valence-electron chi connectivity index (χ1n) is 6.86. The molecule has 106 valence electrons. The van der Waals surface area contributed by atoms with Crippen LogP contribution < -0.4 is 0 Å². The smallest absolute Gasteiger partial charge is 0.127 e. The second-order valence-corrected chi connectivity index (χ2v) is 6.39. The van der Waals surface area contributed by atoms with Gasteiger partial charge in [-0.3, -0.25) is 0 Å². The molecule has 0 heterocycles. The highest BCUT2D eigenvalue weighted by molar-refractivity contribution is 9.10. The molecule has 2 nitrogen and oxygen atoms in total. The van der Waals surface area contributed by atoms with Gasteiger partial charge in [0, 0.05) is 10.9 Å². The third-order valence-electron chi connectivity index (χ3n) is 4.02. The van der Waals surface area contributed by atoms with E-state index in [4.69, 9.17) is 0 Å². The maximum Gasteiger partial charge on any atom is 0.127 e. The second-order valence-electron chi connectivity index (χ2n) is 5.47. The Hall–Kier alpha value is -0.450. The van der Waals surface area contributed by atoms with E-state index in [1.807, 2.05) is 0 Å². The molecule has 0 amide bonds. The van der Waals surface area contributed by atoms with Crippen LogP contribution in [0.5, 0.6) is 0 Å². The first kappa shape index (κ1) is 14.9. The van der Waals surface area contributed by atoms with Gasteiger partial charge in [-0.1, -0.05) is 47.7 Å². The summed E-state index contributed by atoms with van der Waals surface area (Å²) in [4.78, 5) is 0. The van der Waals surface area contributed by atoms with Crippen LogP contribution in [0.2, 0.25) is 0 Å². The normalized spacial score (nSPS) is 20.8. The van der Waals surface area contributed by atoms with Gasteiger partial charge in [-0.05, 0) is 30.5 Å². The third kappa shape index (κ3) is 3.77. The first-order valence-corrected chi connectivity index (χ1v) is 7.65. The monoisotopic (exact) mass is 330 g/mol. The van der Waals surface area contributed by atoms with Gasteiger partial charge in [0.15, 0.2) is 0 Å². The molecule has 4 heteroatoms. The molecule has 1 aromatic carbocycles. The highest BCUT2D eigenvalue weighted by Gasteiger charge is 2.36. The fourth-order valence-corrected chi connectivity index (χ4v) is 3.09. The molecule has 0 aliphatic heterocycles. The Kier molecular flexibility index (Phi) is 4.98. The number of aliphatic hydroxyl groups is 2. The molecule has 1 aliphatic carbocycles. The molecule has 0 spiro atoms. The molecule has 0 aromatic heterocycles. The van der Waals surface area contributed by atoms with Crippen LogP contribution in [0.4, 0.5) is 4.39 Å². The maximum atomic E-state index is 13.8. The van der Waals surface area contributed by atoms with Crippen LogP contribution in [0.15, 0.2) is 22.7 Å². The van der Waals surface area contributed by atoms with Gasteiger partial charge >= 0.3 is 0 Å². The Bertz CT molecular complexity index is 428. The number of benzene rings is 1. The predicted octanol–water partition coefficient (Wildman–Crippen LogP) is 3.58. The topological polar surface area (TPSA) is 40.5 Å². The Morgan fingerprint density at radius 3 is 2.42 bits per heavy atom. The van der Waals surface area contributed by atoms with Crippen LogP contribution in [0, 0.1) is 5.82 Å². The lowest BCUT2D eigenvalue weighted by Gasteiger charge is -2.32. The van der Waals surface area contributed by atoms with Gasteiger partial charge in [0.05, 0.1) is 11.7 Å². The molecule has 1 saturated carbocycles. The van der Waals surface area contributed by atoms with E-state index < -0.39 is 11.7 Å². The van der Waals surface area contributed by atoms with Crippen LogP contribution in [-0.2, 0) is 6.42 Å². The van der Waals surface area contributed by atoms with Gasteiger partial charge in [0.2, 0.25) is 0 Å². The molecule has 19 heavy (non-hydrogen) atoms. The number of hydrogen-bond donors (Lipinski definition) is 2. The molecule has 2 rings (SSSR count). The van der Waals surface area contributed by atoms with Crippen molar-refractivity contribution in [1.82, 2.24) is 0 Å². The van der Waals surface area contributed by atoms with Crippen molar-refractivity contribution in [2.45, 2.75) is 56.7 Å². The zero-order chi connectivity index (χ0) is 13.9. The lowest BCUT2D eigenvalue weighted by atomic mass is 9.85. The molecular weight excluding hydrogens is 311 g/mol. The molecular formula is C15H20BrFO2. The highest BCUT2D eigenvalue weighted by atomic mass is 79.9. The van der Waals surface area contributed by atoms with E-state index in [0.717, 1.165) is 25.7 Å². The van der Waals surface area contributed by atoms with Gasteiger partial charge in [0.1, 0.15) is 5.82 Å². The van der Waals surface area contributed by atoms with Gasteiger partial charge in [-0.2, -0.15) is 0 Å². The summed E-state index contributed by atoms with van der Waals surface area (Å²) in [5.41, 5.74) is -0.607. The third-order valence-corrected chi connectivity index (χ3v) is 4.51. The molecule has 0 radical (unpaired) electrons. The average Bonchev–Trinajstić information content (AvgIpc) is 2.58. The minimum atomic E-state index is -1.06. The zero-order valence-electron chi connectivity index (χ0n) is 10.9. The summed E-state index contributed by atoms with van der Waals surface area (Å²) in [7, 11) is 0. The number of hydrogen-bond acceptors (Lipinski definition) is 2. The van der Waals surface area contributed by atoms with Crippen molar-refractivity contribution in [2.75, 3.05) is 0 Å². The fourth-order valence-electron chi connectivity index (χ4n) is 2.76. The van der Waals surface area contributed by atoms with Crippen molar-refractivity contribution in [3.8, 4) is 0 Å². The summed E-state index contributed by atoms with van der Waals surface area (Å²) < 4.78 is 14.4. The van der Waals surface area contributed by atoms with E-state index in [1.54, 1.807) is 12.1 Å². The van der Waals surface area contributed by atoms with E-state index in [1.165, 1.54) is 6.07 Å². The van der Waals surface area contributed by atoms with Crippen molar-refractivity contribution in [1.29, 1.82) is 0 Å². The molecule has 1 aliphatic rings. The van der Waals surface area contributed by atoms with Gasteiger partial charge < -0.3 is 10.2 Å². The largest absolute Gasteiger partial charge is 0.390 e. The van der Waals surface area contributed by atoms with E-state index in [-0.39, 0.29) is 12.2 Å². The van der Waals surface area contributed by atoms with E-state index in [9.17, 15) is 14.6 Å². The van der Waals surface area contributed by atoms with Crippen molar-refractivity contribution in [3.05, 3.63) is 34.1 Å². The molecule has 1 aromatic rings. The minimum Gasteiger partial charge on any atom is -0.390 e. The van der Waals surface area contributed by atoms with Crippen molar-refractivity contribution < 1.29 is 14.6 Å². The van der Waals surface area contributed by atoms with E-state index >= 15 is 0 Å². The minimum absolute atomic E-state index is 0.162. The number of aliphatic hydroxyl groups excluding tert-OH is 1. The second kappa shape index (κ2) is 6.33. The van der Waals surface area contributed by atoms with Gasteiger partial charge in [-0.25, -0.2) is 4.39 Å². The molecule has 0 bridgehead atoms. The molecule has 0 saturated heterocycles. The molecule has 1 atom stereocenters. The van der Waals surface area contributed by atoms with Crippen LogP contribution >= 0.6 is 15.9 Å². The Labute approximate surface area is 121 Å². The van der Waals surface area contributed by atoms with Crippen molar-refractivity contribution in [3.63, 3.8) is 0 Å². The highest BCUT2D eigenvalue weighted by Crippen LogP contribution is 2.31. The molecule has 1 unspecified atom stereocenters. The zero-order valence-corrected chi connectivity index (χ0v) is 12.5. The summed E-state index contributed by atoms with van der Waals surface area (Å²) >= 11 is 3.21. The van der Waals surface area contributed by atoms with Crippen LogP contribution in [0.3, 0.4) is 0 Å². The average molecular weight is 331 g/mol. The maximum absolute atomic E-state index is 13.8. The fraction of sp³-hybridized carbons (Fsp3) is 0.600. The first-order chi connectivity index (χ1) is 9.01. The quantitative estimate of drug-likeness (QED) is 0.831. The van der Waals surface area contributed by atoms with E-state index in [2.05, 4.69) is 15.9 Å². The Morgan fingerprint density at radius 2 is 1.84 bits per heavy atom. The van der Waals surface area contributed by atoms with Gasteiger partial charge in [0.25, 0.3) is 0 Å². The van der Waals surface area contributed by atoms with Crippen LogP contribution in [0.1, 0.15) is 44.1 Å². The van der Waals surface area contributed by atoms with Crippen LogP contribution in [-0.4, -0.2) is 21.9 Å². The predicted molar refractivity (Wildman–Crippen MR) is 76.5 cm³/mol. The lowest BCUT2D eigenvalue weighted by molar-refractivity contribution is -0.0839. The Morgan fingerprint density at radius 1 is 1.21 bits per heavy atom. The summed E-state index contributed by atoms with van der Waals surface area (Å²) in [5.74, 6) is -0.342. The standard InChI is InChI=1S/C15H20BrFO2/c16-12-6-5-11(13(17)10-12)9-14(18)15(19)7-3-1-2-4-8-15/h5-6,10,14,18-19H,1-4,7-9H2. The summed E-state index contributed by atoms with van der Waals surface area (Å²) in [5, 5.41) is 20.8. The Balaban J connectivity index is 2.08. The summed E-state index contributed by atoms with van der Waals surface area (Å²) in [6.45, 7) is 0. The van der Waals surface area contributed by atoms with Crippen molar-refractivity contribution >= 4 is 15.9 Å². The van der Waals surface area contributed by atoms with Crippen LogP contribution in [0.25, 0.3) is 0 Å². The summed E-state index contributed by atoms with van der Waals surface area (Å²) in [6, 6.07) is 4.80. The van der Waals surface area contributed by atoms with E-state index in [0.29, 0.717) is 22.9 Å². The molecule has 1 fully saturated rings. The van der Waals surface area contributed by atoms with Gasteiger partial charge in [-0.15, -0.1) is 0 Å². The lowest BCUT2D eigenvalue weighted by Crippen LogP contribution is -2.43. The number of halogens is 2. The van der Waals surface area contributed by atoms with Crippen molar-refractivity contribution in [2.24, 2.45) is 0 Å². The number of rotatable bonds is 3. The SMILES string of the molecule is OC(Cc1ccc(Br)cc1F)C1(O)CCCCCC1.